The summed E-state index contributed by atoms with van der Waals surface area (Å²) in [5, 5.41) is 0. The molecule has 0 radical (unpaired) electrons. The van der Waals surface area contributed by atoms with E-state index in [1.54, 1.807) is 18.2 Å². The van der Waals surface area contributed by atoms with E-state index in [4.69, 9.17) is 9.47 Å². The Morgan fingerprint density at radius 2 is 1.66 bits per heavy atom. The summed E-state index contributed by atoms with van der Waals surface area (Å²) in [6, 6.07) is 6.55. The summed E-state index contributed by atoms with van der Waals surface area (Å²) in [5.74, 6) is -3.97. The molecule has 0 aliphatic carbocycles. The Balaban J connectivity index is 1.62. The Bertz CT molecular complexity index is 1100. The second kappa shape index (κ2) is 9.78. The van der Waals surface area contributed by atoms with Crippen molar-refractivity contribution in [3.63, 3.8) is 0 Å². The molecule has 7 nitrogen and oxygen atoms in total. The standard InChI is InChI=1S/C21H23F3N2O5S/c1-30-15-4-6-17(31-2)14(13-15)3-8-19(27)25-9-11-26(12-10-25)32(28,29)18-7-5-16(22)20(23)21(18)24/h4-7,13H,3,8-12H2,1-2H3. The number of hydrogen-bond donors (Lipinski definition) is 0. The SMILES string of the molecule is COc1ccc(OC)c(CCC(=O)N2CCN(S(=O)(=O)c3ccc(F)c(F)c3F)CC2)c1. The van der Waals surface area contributed by atoms with Crippen LogP contribution in [0.3, 0.4) is 0 Å². The zero-order valence-corrected chi connectivity index (χ0v) is 18.4. The molecule has 3 rings (SSSR count). The number of piperazine rings is 1. The second-order valence-corrected chi connectivity index (χ2v) is 9.04. The number of carbonyl (C=O) groups excluding carboxylic acids is 1. The van der Waals surface area contributed by atoms with Crippen molar-refractivity contribution in [3.8, 4) is 11.5 Å². The highest BCUT2D eigenvalue weighted by Gasteiger charge is 2.33. The van der Waals surface area contributed by atoms with Gasteiger partial charge in [-0.2, -0.15) is 4.31 Å². The smallest absolute Gasteiger partial charge is 0.246 e. The lowest BCUT2D eigenvalue weighted by Crippen LogP contribution is -2.50. The number of ether oxygens (including phenoxy) is 2. The maximum absolute atomic E-state index is 14.0. The van der Waals surface area contributed by atoms with Crippen LogP contribution >= 0.6 is 0 Å². The summed E-state index contributed by atoms with van der Waals surface area (Å²) in [6.07, 6.45) is 0.575. The fourth-order valence-electron chi connectivity index (χ4n) is 3.50. The van der Waals surface area contributed by atoms with Crippen molar-refractivity contribution in [2.45, 2.75) is 17.7 Å². The minimum absolute atomic E-state index is 0.0883. The van der Waals surface area contributed by atoms with Crippen LogP contribution < -0.4 is 9.47 Å². The van der Waals surface area contributed by atoms with Crippen molar-refractivity contribution in [1.29, 1.82) is 0 Å². The number of methoxy groups -OCH3 is 2. The molecular formula is C21H23F3N2O5S. The number of carbonyl (C=O) groups is 1. The van der Waals surface area contributed by atoms with Gasteiger partial charge in [0.2, 0.25) is 15.9 Å². The number of rotatable bonds is 7. The van der Waals surface area contributed by atoms with Crippen molar-refractivity contribution in [3.05, 3.63) is 53.3 Å². The molecule has 0 aromatic heterocycles. The third-order valence-corrected chi connectivity index (χ3v) is 7.22. The van der Waals surface area contributed by atoms with E-state index in [0.29, 0.717) is 30.1 Å². The molecule has 2 aromatic rings. The van der Waals surface area contributed by atoms with Crippen molar-refractivity contribution in [2.24, 2.45) is 0 Å². The highest BCUT2D eigenvalue weighted by atomic mass is 32.2. The Labute approximate surface area is 184 Å². The lowest BCUT2D eigenvalue weighted by atomic mass is 10.1. The Kier molecular flexibility index (Phi) is 7.29. The number of aryl methyl sites for hydroxylation is 1. The number of amides is 1. The van der Waals surface area contributed by atoms with E-state index in [-0.39, 0.29) is 38.5 Å². The molecule has 174 valence electrons. The molecule has 0 spiro atoms. The Hall–Kier alpha value is -2.79. The van der Waals surface area contributed by atoms with Crippen LogP contribution in [0.25, 0.3) is 0 Å². The maximum Gasteiger partial charge on any atom is 0.246 e. The molecule has 1 aliphatic rings. The van der Waals surface area contributed by atoms with E-state index in [1.807, 2.05) is 0 Å². The average molecular weight is 472 g/mol. The number of halogens is 3. The van der Waals surface area contributed by atoms with Gasteiger partial charge in [0.15, 0.2) is 17.5 Å². The molecule has 32 heavy (non-hydrogen) atoms. The predicted octanol–water partition coefficient (Wildman–Crippen LogP) is 2.59. The Morgan fingerprint density at radius 1 is 0.969 bits per heavy atom. The van der Waals surface area contributed by atoms with Crippen LogP contribution in [0.15, 0.2) is 35.2 Å². The van der Waals surface area contributed by atoms with Crippen LogP contribution in [0, 0.1) is 17.5 Å². The summed E-state index contributed by atoms with van der Waals surface area (Å²) >= 11 is 0. The highest BCUT2D eigenvalue weighted by Crippen LogP contribution is 2.26. The van der Waals surface area contributed by atoms with Crippen LogP contribution in [0.4, 0.5) is 13.2 Å². The molecular weight excluding hydrogens is 449 g/mol. The van der Waals surface area contributed by atoms with Gasteiger partial charge in [-0.25, -0.2) is 21.6 Å². The highest BCUT2D eigenvalue weighted by molar-refractivity contribution is 7.89. The van der Waals surface area contributed by atoms with E-state index in [2.05, 4.69) is 0 Å². The number of hydrogen-bond acceptors (Lipinski definition) is 5. The summed E-state index contributed by atoms with van der Waals surface area (Å²) in [7, 11) is -1.30. The van der Waals surface area contributed by atoms with E-state index >= 15 is 0 Å². The topological polar surface area (TPSA) is 76.2 Å². The first-order valence-corrected chi connectivity index (χ1v) is 11.3. The average Bonchev–Trinajstić information content (AvgIpc) is 2.80. The molecule has 0 saturated carbocycles. The molecule has 0 unspecified atom stereocenters. The molecule has 0 atom stereocenters. The zero-order chi connectivity index (χ0) is 23.5. The first kappa shape index (κ1) is 23.9. The monoisotopic (exact) mass is 472 g/mol. The lowest BCUT2D eigenvalue weighted by molar-refractivity contribution is -0.132. The first-order chi connectivity index (χ1) is 15.2. The summed E-state index contributed by atoms with van der Waals surface area (Å²) in [6.45, 7) is 0.0151. The molecule has 2 aromatic carbocycles. The molecule has 0 bridgehead atoms. The van der Waals surface area contributed by atoms with E-state index in [1.165, 1.54) is 19.1 Å². The fourth-order valence-corrected chi connectivity index (χ4v) is 4.98. The molecule has 1 heterocycles. The van der Waals surface area contributed by atoms with Gasteiger partial charge in [-0.05, 0) is 42.3 Å². The minimum atomic E-state index is -4.37. The van der Waals surface area contributed by atoms with Gasteiger partial charge in [0, 0.05) is 32.6 Å². The summed E-state index contributed by atoms with van der Waals surface area (Å²) in [4.78, 5) is 13.2. The number of nitrogens with zero attached hydrogens (tertiary/aromatic N) is 2. The minimum Gasteiger partial charge on any atom is -0.497 e. The zero-order valence-electron chi connectivity index (χ0n) is 17.6. The summed E-state index contributed by atoms with van der Waals surface area (Å²) < 4.78 is 77.4. The van der Waals surface area contributed by atoms with E-state index < -0.39 is 32.4 Å². The number of benzene rings is 2. The molecule has 1 saturated heterocycles. The quantitative estimate of drug-likeness (QED) is 0.579. The largest absolute Gasteiger partial charge is 0.497 e. The maximum atomic E-state index is 14.0. The predicted molar refractivity (Wildman–Crippen MR) is 110 cm³/mol. The molecule has 1 amide bonds. The van der Waals surface area contributed by atoms with Crippen LogP contribution in [0.2, 0.25) is 0 Å². The van der Waals surface area contributed by atoms with Gasteiger partial charge in [-0.3, -0.25) is 4.79 Å². The normalized spacial score (nSPS) is 15.0. The second-order valence-electron chi connectivity index (χ2n) is 7.14. The van der Waals surface area contributed by atoms with Gasteiger partial charge in [0.1, 0.15) is 16.4 Å². The van der Waals surface area contributed by atoms with Gasteiger partial charge in [-0.1, -0.05) is 0 Å². The van der Waals surface area contributed by atoms with Gasteiger partial charge in [0.05, 0.1) is 14.2 Å². The van der Waals surface area contributed by atoms with Crippen molar-refractivity contribution < 1.29 is 35.9 Å². The lowest BCUT2D eigenvalue weighted by Gasteiger charge is -2.34. The molecule has 0 N–H and O–H groups in total. The first-order valence-electron chi connectivity index (χ1n) is 9.81. The third kappa shape index (κ3) is 4.83. The van der Waals surface area contributed by atoms with Crippen LogP contribution in [0.5, 0.6) is 11.5 Å². The van der Waals surface area contributed by atoms with E-state index in [9.17, 15) is 26.4 Å². The van der Waals surface area contributed by atoms with Gasteiger partial charge in [-0.15, -0.1) is 0 Å². The fraction of sp³-hybridized carbons (Fsp3) is 0.381. The van der Waals surface area contributed by atoms with E-state index in [0.717, 1.165) is 9.87 Å². The van der Waals surface area contributed by atoms with Crippen molar-refractivity contribution in [2.75, 3.05) is 40.4 Å². The molecule has 1 fully saturated rings. The summed E-state index contributed by atoms with van der Waals surface area (Å²) in [5.41, 5.74) is 0.801. The Morgan fingerprint density at radius 3 is 2.28 bits per heavy atom. The van der Waals surface area contributed by atoms with Crippen LogP contribution in [0.1, 0.15) is 12.0 Å². The molecule has 1 aliphatic heterocycles. The van der Waals surface area contributed by atoms with Gasteiger partial charge in [0.25, 0.3) is 0 Å². The third-order valence-electron chi connectivity index (χ3n) is 5.30. The van der Waals surface area contributed by atoms with Crippen LogP contribution in [-0.4, -0.2) is 63.9 Å². The van der Waals surface area contributed by atoms with Crippen molar-refractivity contribution in [1.82, 2.24) is 9.21 Å². The van der Waals surface area contributed by atoms with Crippen molar-refractivity contribution >= 4 is 15.9 Å². The van der Waals surface area contributed by atoms with Crippen LogP contribution in [-0.2, 0) is 21.2 Å². The number of sulfonamides is 1. The van der Waals surface area contributed by atoms with Gasteiger partial charge < -0.3 is 14.4 Å². The molecule has 11 heteroatoms. The van der Waals surface area contributed by atoms with Gasteiger partial charge >= 0.3 is 0 Å².